The molecule has 0 amide bonds. The van der Waals surface area contributed by atoms with E-state index in [1.54, 1.807) is 13.8 Å². The van der Waals surface area contributed by atoms with Crippen molar-refractivity contribution in [3.8, 4) is 0 Å². The number of carbonyl (C=O) groups excluding carboxylic acids is 2. The maximum Gasteiger partial charge on any atom is 0.255 e. The van der Waals surface area contributed by atoms with Gasteiger partial charge in [-0.25, -0.2) is 8.78 Å². The summed E-state index contributed by atoms with van der Waals surface area (Å²) in [6, 6.07) is 1.50. The molecule has 0 radical (unpaired) electrons. The van der Waals surface area contributed by atoms with Gasteiger partial charge in [0.15, 0.2) is 5.12 Å². The smallest absolute Gasteiger partial charge is 0.255 e. The maximum absolute atomic E-state index is 13.4. The quantitative estimate of drug-likeness (QED) is 0.625. The van der Waals surface area contributed by atoms with Crippen LogP contribution in [0.15, 0.2) is 17.0 Å². The Labute approximate surface area is 106 Å². The van der Waals surface area contributed by atoms with Crippen molar-refractivity contribution in [3.05, 3.63) is 29.3 Å². The van der Waals surface area contributed by atoms with Gasteiger partial charge in [0.05, 0.1) is 10.5 Å². The number of rotatable bonds is 3. The van der Waals surface area contributed by atoms with Gasteiger partial charge in [0, 0.05) is 12.0 Å². The van der Waals surface area contributed by atoms with E-state index in [-0.39, 0.29) is 15.9 Å². The van der Waals surface area contributed by atoms with Gasteiger partial charge in [-0.3, -0.25) is 9.59 Å². The van der Waals surface area contributed by atoms with Gasteiger partial charge < -0.3 is 0 Å². The molecule has 1 rings (SSSR count). The van der Waals surface area contributed by atoms with Crippen LogP contribution in [0.1, 0.15) is 24.2 Å². The molecular weight excluding hydrogens is 270 g/mol. The standard InChI is InChI=1S/C11H9ClF2O2S/c1-5(2)11(16)17-9-3-6(10(12)15)7(13)4-8(9)14/h3-5H,1-2H3. The monoisotopic (exact) mass is 278 g/mol. The van der Waals surface area contributed by atoms with Gasteiger partial charge >= 0.3 is 0 Å². The van der Waals surface area contributed by atoms with Crippen LogP contribution >= 0.6 is 23.4 Å². The number of carbonyl (C=O) groups is 2. The molecular formula is C11H9ClF2O2S. The van der Waals surface area contributed by atoms with Crippen LogP contribution in [-0.2, 0) is 4.79 Å². The van der Waals surface area contributed by atoms with Crippen molar-refractivity contribution < 1.29 is 18.4 Å². The first-order chi connectivity index (χ1) is 7.82. The van der Waals surface area contributed by atoms with Gasteiger partial charge in [-0.15, -0.1) is 0 Å². The third kappa shape index (κ3) is 3.51. The summed E-state index contributed by atoms with van der Waals surface area (Å²) in [6.07, 6.45) is 0. The minimum absolute atomic E-state index is 0.103. The van der Waals surface area contributed by atoms with Crippen molar-refractivity contribution in [3.63, 3.8) is 0 Å². The molecule has 0 saturated carbocycles. The highest BCUT2D eigenvalue weighted by atomic mass is 35.5. The molecule has 0 saturated heterocycles. The van der Waals surface area contributed by atoms with Gasteiger partial charge in [0.25, 0.3) is 5.24 Å². The van der Waals surface area contributed by atoms with Gasteiger partial charge in [0.1, 0.15) is 11.6 Å². The topological polar surface area (TPSA) is 34.1 Å². The lowest BCUT2D eigenvalue weighted by atomic mass is 10.2. The van der Waals surface area contributed by atoms with Crippen LogP contribution in [-0.4, -0.2) is 10.4 Å². The van der Waals surface area contributed by atoms with E-state index in [0.717, 1.165) is 6.07 Å². The summed E-state index contributed by atoms with van der Waals surface area (Å²) in [7, 11) is 0. The number of thioether (sulfide) groups is 1. The zero-order chi connectivity index (χ0) is 13.2. The van der Waals surface area contributed by atoms with Gasteiger partial charge in [0.2, 0.25) is 0 Å². The third-order valence-electron chi connectivity index (χ3n) is 1.92. The number of halogens is 3. The first-order valence-corrected chi connectivity index (χ1v) is 5.93. The van der Waals surface area contributed by atoms with Crippen molar-refractivity contribution in [1.82, 2.24) is 0 Å². The predicted octanol–water partition coefficient (Wildman–Crippen LogP) is 3.62. The summed E-state index contributed by atoms with van der Waals surface area (Å²) < 4.78 is 26.5. The molecule has 0 fully saturated rings. The molecule has 0 aromatic heterocycles. The van der Waals surface area contributed by atoms with Gasteiger partial charge in [-0.1, -0.05) is 13.8 Å². The molecule has 2 nitrogen and oxygen atoms in total. The molecule has 0 N–H and O–H groups in total. The van der Waals surface area contributed by atoms with Gasteiger partial charge in [-0.2, -0.15) is 0 Å². The van der Waals surface area contributed by atoms with Crippen LogP contribution in [0.3, 0.4) is 0 Å². The molecule has 0 heterocycles. The molecule has 0 bridgehead atoms. The second-order valence-corrected chi connectivity index (χ2v) is 5.00. The number of hydrogen-bond donors (Lipinski definition) is 0. The molecule has 17 heavy (non-hydrogen) atoms. The van der Waals surface area contributed by atoms with Crippen LogP contribution in [0.2, 0.25) is 0 Å². The van der Waals surface area contributed by atoms with E-state index in [0.29, 0.717) is 17.8 Å². The summed E-state index contributed by atoms with van der Waals surface area (Å²) in [5.41, 5.74) is -0.438. The van der Waals surface area contributed by atoms with E-state index in [4.69, 9.17) is 11.6 Å². The van der Waals surface area contributed by atoms with Crippen molar-refractivity contribution in [1.29, 1.82) is 0 Å². The van der Waals surface area contributed by atoms with Crippen molar-refractivity contribution in [2.24, 2.45) is 5.92 Å². The second kappa shape index (κ2) is 5.60. The molecule has 1 aromatic rings. The Morgan fingerprint density at radius 1 is 1.24 bits per heavy atom. The average molecular weight is 279 g/mol. The van der Waals surface area contributed by atoms with Crippen LogP contribution in [0, 0.1) is 17.6 Å². The molecule has 6 heteroatoms. The van der Waals surface area contributed by atoms with E-state index < -0.39 is 22.4 Å². The van der Waals surface area contributed by atoms with Crippen LogP contribution in [0.4, 0.5) is 8.78 Å². The Hall–Kier alpha value is -0.940. The summed E-state index contributed by atoms with van der Waals surface area (Å²) in [5, 5.41) is -1.30. The summed E-state index contributed by atoms with van der Waals surface area (Å²) >= 11 is 5.76. The Morgan fingerprint density at radius 2 is 1.82 bits per heavy atom. The summed E-state index contributed by atoms with van der Waals surface area (Å²) in [4.78, 5) is 22.2. The van der Waals surface area contributed by atoms with Crippen LogP contribution in [0.25, 0.3) is 0 Å². The summed E-state index contributed by atoms with van der Waals surface area (Å²) in [5.74, 6) is -2.22. The highest BCUT2D eigenvalue weighted by Gasteiger charge is 2.18. The number of hydrogen-bond acceptors (Lipinski definition) is 3. The Kier molecular flexibility index (Phi) is 4.65. The van der Waals surface area contributed by atoms with E-state index >= 15 is 0 Å². The molecule has 0 aliphatic carbocycles. The lowest BCUT2D eigenvalue weighted by Crippen LogP contribution is -2.03. The fraction of sp³-hybridized carbons (Fsp3) is 0.273. The zero-order valence-corrected chi connectivity index (χ0v) is 10.7. The van der Waals surface area contributed by atoms with E-state index in [1.165, 1.54) is 0 Å². The second-order valence-electron chi connectivity index (χ2n) is 3.61. The first kappa shape index (κ1) is 14.1. The summed E-state index contributed by atoms with van der Waals surface area (Å²) in [6.45, 7) is 3.31. The minimum Gasteiger partial charge on any atom is -0.287 e. The molecule has 92 valence electrons. The molecule has 0 aliphatic rings. The molecule has 1 aromatic carbocycles. The molecule has 0 unspecified atom stereocenters. The van der Waals surface area contributed by atoms with Crippen molar-refractivity contribution >= 4 is 33.7 Å². The lowest BCUT2D eigenvalue weighted by Gasteiger charge is -2.06. The van der Waals surface area contributed by atoms with E-state index in [9.17, 15) is 18.4 Å². The fourth-order valence-electron chi connectivity index (χ4n) is 0.984. The first-order valence-electron chi connectivity index (χ1n) is 4.73. The van der Waals surface area contributed by atoms with E-state index in [2.05, 4.69) is 0 Å². The Balaban J connectivity index is 3.12. The predicted molar refractivity (Wildman–Crippen MR) is 62.2 cm³/mol. The Morgan fingerprint density at radius 3 is 2.29 bits per heavy atom. The SMILES string of the molecule is CC(C)C(=O)Sc1cc(C(=O)Cl)c(F)cc1F. The largest absolute Gasteiger partial charge is 0.287 e. The number of benzene rings is 1. The Bertz CT molecular complexity index is 475. The molecule has 0 aliphatic heterocycles. The van der Waals surface area contributed by atoms with E-state index in [1.807, 2.05) is 0 Å². The van der Waals surface area contributed by atoms with Gasteiger partial charge in [-0.05, 0) is 29.4 Å². The van der Waals surface area contributed by atoms with Crippen molar-refractivity contribution in [2.75, 3.05) is 0 Å². The third-order valence-corrected chi connectivity index (χ3v) is 3.32. The van der Waals surface area contributed by atoms with Crippen LogP contribution in [0.5, 0.6) is 0 Å². The average Bonchev–Trinajstić information content (AvgIpc) is 2.21. The minimum atomic E-state index is -1.04. The molecule has 0 spiro atoms. The maximum atomic E-state index is 13.4. The molecule has 0 atom stereocenters. The van der Waals surface area contributed by atoms with Crippen molar-refractivity contribution in [2.45, 2.75) is 18.7 Å². The fourth-order valence-corrected chi connectivity index (χ4v) is 1.91. The normalized spacial score (nSPS) is 10.7. The lowest BCUT2D eigenvalue weighted by molar-refractivity contribution is -0.113. The van der Waals surface area contributed by atoms with Crippen LogP contribution < -0.4 is 0 Å². The highest BCUT2D eigenvalue weighted by Crippen LogP contribution is 2.28. The zero-order valence-electron chi connectivity index (χ0n) is 9.09. The highest BCUT2D eigenvalue weighted by molar-refractivity contribution is 8.13.